The number of benzene rings is 1. The Hall–Kier alpha value is -1.38. The summed E-state index contributed by atoms with van der Waals surface area (Å²) in [5.41, 5.74) is 0.275. The third-order valence-electron chi connectivity index (χ3n) is 2.14. The van der Waals surface area contributed by atoms with Crippen molar-refractivity contribution in [3.05, 3.63) is 42.5 Å². The van der Waals surface area contributed by atoms with E-state index in [0.717, 1.165) is 0 Å². The summed E-state index contributed by atoms with van der Waals surface area (Å²) >= 11 is 0. The number of carbonyl (C=O) groups is 1. The number of rotatable bonds is 5. The van der Waals surface area contributed by atoms with Gasteiger partial charge in [0.15, 0.2) is 0 Å². The van der Waals surface area contributed by atoms with E-state index < -0.39 is 13.3 Å². The standard InChI is InChI=1S/C12H15O4P/c1-10(2)12(13)16-8-9-17(14,15)11-6-4-3-5-7-11/h3-7H,1,8-9H2,2H3,(H,14,15). The van der Waals surface area contributed by atoms with Crippen molar-refractivity contribution in [3.8, 4) is 0 Å². The van der Waals surface area contributed by atoms with Gasteiger partial charge in [-0.1, -0.05) is 24.8 Å². The minimum Gasteiger partial charge on any atom is -0.462 e. The van der Waals surface area contributed by atoms with E-state index in [9.17, 15) is 14.3 Å². The lowest BCUT2D eigenvalue weighted by atomic mass is 10.4. The van der Waals surface area contributed by atoms with Gasteiger partial charge >= 0.3 is 5.97 Å². The zero-order valence-electron chi connectivity index (χ0n) is 9.63. The molecule has 0 saturated heterocycles. The summed E-state index contributed by atoms with van der Waals surface area (Å²) in [6.45, 7) is 4.86. The van der Waals surface area contributed by atoms with Gasteiger partial charge < -0.3 is 9.63 Å². The monoisotopic (exact) mass is 254 g/mol. The molecule has 1 aromatic rings. The van der Waals surface area contributed by atoms with Crippen LogP contribution < -0.4 is 5.30 Å². The van der Waals surface area contributed by atoms with Crippen LogP contribution in [0.5, 0.6) is 0 Å². The fraction of sp³-hybridized carbons (Fsp3) is 0.250. The Morgan fingerprint density at radius 2 is 2.00 bits per heavy atom. The summed E-state index contributed by atoms with van der Waals surface area (Å²) in [5, 5.41) is 0.367. The summed E-state index contributed by atoms with van der Waals surface area (Å²) < 4.78 is 16.7. The summed E-state index contributed by atoms with van der Waals surface area (Å²) in [7, 11) is -3.44. The van der Waals surface area contributed by atoms with Crippen LogP contribution in [0.4, 0.5) is 0 Å². The summed E-state index contributed by atoms with van der Waals surface area (Å²) in [4.78, 5) is 20.9. The van der Waals surface area contributed by atoms with Crippen molar-refractivity contribution in [2.45, 2.75) is 6.92 Å². The Morgan fingerprint density at radius 1 is 1.41 bits per heavy atom. The first-order valence-corrected chi connectivity index (χ1v) is 6.98. The van der Waals surface area contributed by atoms with Crippen LogP contribution in [0.25, 0.3) is 0 Å². The highest BCUT2D eigenvalue weighted by atomic mass is 31.2. The van der Waals surface area contributed by atoms with Gasteiger partial charge in [0, 0.05) is 10.9 Å². The quantitative estimate of drug-likeness (QED) is 0.493. The highest BCUT2D eigenvalue weighted by Gasteiger charge is 2.21. The number of hydrogen-bond donors (Lipinski definition) is 1. The summed E-state index contributed by atoms with van der Waals surface area (Å²) in [6, 6.07) is 8.32. The van der Waals surface area contributed by atoms with Gasteiger partial charge in [0.25, 0.3) is 0 Å². The topological polar surface area (TPSA) is 63.6 Å². The molecule has 1 aromatic carbocycles. The molecule has 0 saturated carbocycles. The molecular weight excluding hydrogens is 239 g/mol. The maximum absolute atomic E-state index is 11.9. The Kier molecular flexibility index (Phi) is 4.67. The van der Waals surface area contributed by atoms with Crippen LogP contribution >= 0.6 is 7.37 Å². The zero-order valence-corrected chi connectivity index (χ0v) is 10.5. The second-order valence-electron chi connectivity index (χ2n) is 3.68. The van der Waals surface area contributed by atoms with Crippen molar-refractivity contribution in [1.82, 2.24) is 0 Å². The SMILES string of the molecule is C=C(C)C(=O)OCCP(=O)(O)c1ccccc1. The molecule has 0 aliphatic rings. The molecule has 5 heteroatoms. The van der Waals surface area contributed by atoms with Gasteiger partial charge in [0.1, 0.15) is 6.61 Å². The van der Waals surface area contributed by atoms with E-state index in [1.54, 1.807) is 30.3 Å². The van der Waals surface area contributed by atoms with Crippen molar-refractivity contribution in [1.29, 1.82) is 0 Å². The molecule has 0 radical (unpaired) electrons. The zero-order chi connectivity index (χ0) is 12.9. The molecule has 0 fully saturated rings. The van der Waals surface area contributed by atoms with Crippen LogP contribution in [-0.2, 0) is 14.1 Å². The fourth-order valence-electron chi connectivity index (χ4n) is 1.18. The van der Waals surface area contributed by atoms with E-state index in [0.29, 0.717) is 5.30 Å². The minimum atomic E-state index is -3.44. The summed E-state index contributed by atoms with van der Waals surface area (Å²) in [5.74, 6) is -0.543. The molecule has 1 unspecified atom stereocenters. The molecule has 0 amide bonds. The average Bonchev–Trinajstić information content (AvgIpc) is 2.29. The Labute approximate surface area is 100 Å². The number of hydrogen-bond acceptors (Lipinski definition) is 3. The van der Waals surface area contributed by atoms with Crippen LogP contribution in [0.15, 0.2) is 42.5 Å². The maximum atomic E-state index is 11.9. The molecule has 0 aromatic heterocycles. The molecule has 0 heterocycles. The van der Waals surface area contributed by atoms with Gasteiger partial charge in [-0.2, -0.15) is 0 Å². The number of ether oxygens (including phenoxy) is 1. The molecule has 92 valence electrons. The van der Waals surface area contributed by atoms with E-state index in [-0.39, 0.29) is 18.3 Å². The van der Waals surface area contributed by atoms with Gasteiger partial charge in [-0.15, -0.1) is 0 Å². The van der Waals surface area contributed by atoms with E-state index in [4.69, 9.17) is 4.74 Å². The molecule has 1 atom stereocenters. The Bertz CT molecular complexity index is 453. The van der Waals surface area contributed by atoms with E-state index in [1.807, 2.05) is 0 Å². The fourth-order valence-corrected chi connectivity index (χ4v) is 2.41. The molecule has 0 aliphatic carbocycles. The van der Waals surface area contributed by atoms with Gasteiger partial charge in [0.2, 0.25) is 7.37 Å². The molecule has 0 bridgehead atoms. The van der Waals surface area contributed by atoms with Crippen LogP contribution in [0.2, 0.25) is 0 Å². The van der Waals surface area contributed by atoms with Gasteiger partial charge in [-0.3, -0.25) is 4.57 Å². The van der Waals surface area contributed by atoms with Crippen LogP contribution in [0.3, 0.4) is 0 Å². The number of esters is 1. The molecule has 0 aliphatic heterocycles. The Morgan fingerprint density at radius 3 is 2.53 bits per heavy atom. The second-order valence-corrected chi connectivity index (χ2v) is 6.04. The average molecular weight is 254 g/mol. The first-order valence-electron chi connectivity index (χ1n) is 5.13. The molecule has 0 spiro atoms. The van der Waals surface area contributed by atoms with Crippen LogP contribution in [0, 0.1) is 0 Å². The van der Waals surface area contributed by atoms with Gasteiger partial charge in [0.05, 0.1) is 6.16 Å². The molecule has 1 rings (SSSR count). The second kappa shape index (κ2) is 5.80. The van der Waals surface area contributed by atoms with Crippen molar-refractivity contribution >= 4 is 18.6 Å². The predicted octanol–water partition coefficient (Wildman–Crippen LogP) is 1.70. The third-order valence-corrected chi connectivity index (χ3v) is 4.03. The van der Waals surface area contributed by atoms with Crippen molar-refractivity contribution < 1.29 is 19.0 Å². The largest absolute Gasteiger partial charge is 0.462 e. The van der Waals surface area contributed by atoms with E-state index in [1.165, 1.54) is 6.92 Å². The van der Waals surface area contributed by atoms with E-state index in [2.05, 4.69) is 6.58 Å². The highest BCUT2D eigenvalue weighted by Crippen LogP contribution is 2.38. The van der Waals surface area contributed by atoms with Crippen LogP contribution in [0.1, 0.15) is 6.92 Å². The van der Waals surface area contributed by atoms with E-state index >= 15 is 0 Å². The molecular formula is C12H15O4P. The molecule has 4 nitrogen and oxygen atoms in total. The Balaban J connectivity index is 2.55. The van der Waals surface area contributed by atoms with Crippen molar-refractivity contribution in [2.24, 2.45) is 0 Å². The summed E-state index contributed by atoms with van der Waals surface area (Å²) in [6.07, 6.45) is -0.0873. The van der Waals surface area contributed by atoms with Crippen molar-refractivity contribution in [3.63, 3.8) is 0 Å². The lowest BCUT2D eigenvalue weighted by molar-refractivity contribution is -0.138. The highest BCUT2D eigenvalue weighted by molar-refractivity contribution is 7.66. The first kappa shape index (κ1) is 13.7. The van der Waals surface area contributed by atoms with Crippen LogP contribution in [-0.4, -0.2) is 23.6 Å². The maximum Gasteiger partial charge on any atom is 0.333 e. The smallest absolute Gasteiger partial charge is 0.333 e. The normalized spacial score (nSPS) is 13.8. The first-order chi connectivity index (χ1) is 7.93. The van der Waals surface area contributed by atoms with Gasteiger partial charge in [-0.25, -0.2) is 4.79 Å². The third kappa shape index (κ3) is 4.17. The molecule has 17 heavy (non-hydrogen) atoms. The van der Waals surface area contributed by atoms with Crippen molar-refractivity contribution in [2.75, 3.05) is 12.8 Å². The predicted molar refractivity (Wildman–Crippen MR) is 66.5 cm³/mol. The van der Waals surface area contributed by atoms with Gasteiger partial charge in [-0.05, 0) is 19.1 Å². The number of carbonyl (C=O) groups excluding carboxylic acids is 1. The minimum absolute atomic E-state index is 0.0873. The lowest BCUT2D eigenvalue weighted by Gasteiger charge is -2.11. The lowest BCUT2D eigenvalue weighted by Crippen LogP contribution is -2.13. The molecule has 1 N–H and O–H groups in total.